The van der Waals surface area contributed by atoms with E-state index in [1.54, 1.807) is 6.92 Å². The van der Waals surface area contributed by atoms with Crippen LogP contribution >= 0.6 is 11.6 Å². The maximum atomic E-state index is 13.9. The van der Waals surface area contributed by atoms with Gasteiger partial charge in [-0.15, -0.1) is 0 Å². The van der Waals surface area contributed by atoms with Crippen molar-refractivity contribution in [1.82, 2.24) is 4.72 Å². The Bertz CT molecular complexity index is 618. The van der Waals surface area contributed by atoms with Crippen molar-refractivity contribution in [2.24, 2.45) is 5.92 Å². The number of rotatable bonds is 4. The molecule has 0 amide bonds. The number of hydrogen-bond acceptors (Lipinski definition) is 4. The van der Waals surface area contributed by atoms with E-state index < -0.39 is 20.7 Å². The first-order valence-corrected chi connectivity index (χ1v) is 8.52. The Labute approximate surface area is 128 Å². The van der Waals surface area contributed by atoms with E-state index in [-0.39, 0.29) is 22.7 Å². The molecule has 0 aromatic heterocycles. The SMILES string of the molecule is CC(NS(=O)(=O)c1cc(N)cc(Cl)c1F)C1CCOCC1. The molecule has 118 valence electrons. The molecule has 0 radical (unpaired) electrons. The van der Waals surface area contributed by atoms with Crippen LogP contribution in [-0.4, -0.2) is 27.7 Å². The van der Waals surface area contributed by atoms with Crippen LogP contribution < -0.4 is 10.5 Å². The summed E-state index contributed by atoms with van der Waals surface area (Å²) < 4.78 is 46.3. The fourth-order valence-electron chi connectivity index (χ4n) is 2.40. The molecule has 1 aliphatic heterocycles. The zero-order valence-electron chi connectivity index (χ0n) is 11.6. The van der Waals surface area contributed by atoms with Gasteiger partial charge in [-0.3, -0.25) is 0 Å². The van der Waals surface area contributed by atoms with Crippen LogP contribution in [0.5, 0.6) is 0 Å². The monoisotopic (exact) mass is 336 g/mol. The Kier molecular flexibility index (Phi) is 5.08. The van der Waals surface area contributed by atoms with Crippen LogP contribution in [-0.2, 0) is 14.8 Å². The van der Waals surface area contributed by atoms with E-state index in [0.717, 1.165) is 18.9 Å². The molecule has 1 aliphatic rings. The zero-order chi connectivity index (χ0) is 15.6. The summed E-state index contributed by atoms with van der Waals surface area (Å²) in [7, 11) is -4.01. The van der Waals surface area contributed by atoms with Gasteiger partial charge < -0.3 is 10.5 Å². The second kappa shape index (κ2) is 6.48. The summed E-state index contributed by atoms with van der Waals surface area (Å²) in [6, 6.07) is 1.93. The molecule has 5 nitrogen and oxygen atoms in total. The lowest BCUT2D eigenvalue weighted by atomic mass is 9.94. The van der Waals surface area contributed by atoms with E-state index in [4.69, 9.17) is 22.1 Å². The van der Waals surface area contributed by atoms with Crippen molar-refractivity contribution in [2.45, 2.75) is 30.7 Å². The average molecular weight is 337 g/mol. The average Bonchev–Trinajstić information content (AvgIpc) is 2.43. The third-order valence-corrected chi connectivity index (χ3v) is 5.45. The molecule has 1 saturated heterocycles. The molecule has 2 rings (SSSR count). The van der Waals surface area contributed by atoms with Gasteiger partial charge in [-0.1, -0.05) is 11.6 Å². The van der Waals surface area contributed by atoms with Crippen molar-refractivity contribution >= 4 is 27.3 Å². The van der Waals surface area contributed by atoms with Gasteiger partial charge in [0, 0.05) is 24.9 Å². The predicted octanol–water partition coefficient (Wildman–Crippen LogP) is 2.15. The van der Waals surface area contributed by atoms with E-state index in [2.05, 4.69) is 4.72 Å². The predicted molar refractivity (Wildman–Crippen MR) is 79.1 cm³/mol. The van der Waals surface area contributed by atoms with Gasteiger partial charge in [-0.05, 0) is 37.8 Å². The lowest BCUT2D eigenvalue weighted by Crippen LogP contribution is -2.40. The molecule has 0 spiro atoms. The van der Waals surface area contributed by atoms with Crippen LogP contribution in [0, 0.1) is 11.7 Å². The molecule has 0 aliphatic carbocycles. The van der Waals surface area contributed by atoms with Crippen LogP contribution in [0.15, 0.2) is 17.0 Å². The second-order valence-electron chi connectivity index (χ2n) is 5.17. The maximum Gasteiger partial charge on any atom is 0.243 e. The molecule has 1 heterocycles. The smallest absolute Gasteiger partial charge is 0.243 e. The topological polar surface area (TPSA) is 81.4 Å². The largest absolute Gasteiger partial charge is 0.399 e. The van der Waals surface area contributed by atoms with Crippen molar-refractivity contribution in [3.05, 3.63) is 23.0 Å². The Hall–Kier alpha value is -0.890. The Morgan fingerprint density at radius 3 is 2.67 bits per heavy atom. The van der Waals surface area contributed by atoms with Crippen LogP contribution in [0.3, 0.4) is 0 Å². The van der Waals surface area contributed by atoms with Crippen molar-refractivity contribution in [2.75, 3.05) is 18.9 Å². The number of nitrogens with one attached hydrogen (secondary N) is 1. The minimum atomic E-state index is -4.01. The fraction of sp³-hybridized carbons (Fsp3) is 0.538. The van der Waals surface area contributed by atoms with Gasteiger partial charge in [-0.25, -0.2) is 17.5 Å². The molecule has 21 heavy (non-hydrogen) atoms. The molecule has 1 fully saturated rings. The molecular weight excluding hydrogens is 319 g/mol. The molecular formula is C13H18ClFN2O3S. The van der Waals surface area contributed by atoms with Gasteiger partial charge in [0.25, 0.3) is 0 Å². The fourth-order valence-corrected chi connectivity index (χ4v) is 4.13. The van der Waals surface area contributed by atoms with Crippen LogP contribution in [0.1, 0.15) is 19.8 Å². The highest BCUT2D eigenvalue weighted by Crippen LogP contribution is 2.27. The zero-order valence-corrected chi connectivity index (χ0v) is 13.2. The first-order chi connectivity index (χ1) is 9.81. The third kappa shape index (κ3) is 3.85. The van der Waals surface area contributed by atoms with E-state index in [0.29, 0.717) is 13.2 Å². The van der Waals surface area contributed by atoms with Crippen molar-refractivity contribution in [3.63, 3.8) is 0 Å². The minimum absolute atomic E-state index is 0.0977. The highest BCUT2D eigenvalue weighted by atomic mass is 35.5. The van der Waals surface area contributed by atoms with E-state index >= 15 is 0 Å². The van der Waals surface area contributed by atoms with Gasteiger partial charge in [0.05, 0.1) is 5.02 Å². The molecule has 1 aromatic rings. The van der Waals surface area contributed by atoms with Gasteiger partial charge in [-0.2, -0.15) is 0 Å². The summed E-state index contributed by atoms with van der Waals surface area (Å²) in [6.07, 6.45) is 1.54. The van der Waals surface area contributed by atoms with Crippen LogP contribution in [0.25, 0.3) is 0 Å². The standard InChI is InChI=1S/C13H18ClFN2O3S/c1-8(9-2-4-20-5-3-9)17-21(18,19)12-7-10(16)6-11(14)13(12)15/h6-9,17H,2-5,16H2,1H3. The van der Waals surface area contributed by atoms with Gasteiger partial charge in [0.15, 0.2) is 5.82 Å². The number of nitrogen functional groups attached to an aromatic ring is 1. The lowest BCUT2D eigenvalue weighted by Gasteiger charge is -2.28. The number of nitrogens with two attached hydrogens (primary N) is 1. The summed E-state index contributed by atoms with van der Waals surface area (Å²) >= 11 is 5.65. The van der Waals surface area contributed by atoms with E-state index in [1.165, 1.54) is 6.07 Å². The third-order valence-electron chi connectivity index (χ3n) is 3.62. The summed E-state index contributed by atoms with van der Waals surface area (Å²) in [5.74, 6) is -0.828. The normalized spacial score (nSPS) is 18.6. The molecule has 8 heteroatoms. The molecule has 0 saturated carbocycles. The highest BCUT2D eigenvalue weighted by molar-refractivity contribution is 7.89. The number of halogens is 2. The van der Waals surface area contributed by atoms with Gasteiger partial charge in [0.2, 0.25) is 10.0 Å². The number of ether oxygens (including phenoxy) is 1. The minimum Gasteiger partial charge on any atom is -0.399 e. The molecule has 0 bridgehead atoms. The van der Waals surface area contributed by atoms with Crippen LogP contribution in [0.4, 0.5) is 10.1 Å². The van der Waals surface area contributed by atoms with E-state index in [1.807, 2.05) is 0 Å². The highest BCUT2D eigenvalue weighted by Gasteiger charge is 2.28. The van der Waals surface area contributed by atoms with E-state index in [9.17, 15) is 12.8 Å². The Morgan fingerprint density at radius 2 is 2.05 bits per heavy atom. The molecule has 1 atom stereocenters. The molecule has 1 aromatic carbocycles. The number of benzene rings is 1. The van der Waals surface area contributed by atoms with Gasteiger partial charge in [0.1, 0.15) is 4.90 Å². The Morgan fingerprint density at radius 1 is 1.43 bits per heavy atom. The van der Waals surface area contributed by atoms with Crippen molar-refractivity contribution < 1.29 is 17.5 Å². The van der Waals surface area contributed by atoms with Gasteiger partial charge >= 0.3 is 0 Å². The van der Waals surface area contributed by atoms with Crippen molar-refractivity contribution in [3.8, 4) is 0 Å². The first kappa shape index (κ1) is 16.5. The summed E-state index contributed by atoms with van der Waals surface area (Å²) in [5.41, 5.74) is 5.64. The Balaban J connectivity index is 2.22. The quantitative estimate of drug-likeness (QED) is 0.825. The summed E-state index contributed by atoms with van der Waals surface area (Å²) in [4.78, 5) is -0.522. The molecule has 1 unspecified atom stereocenters. The number of hydrogen-bond donors (Lipinski definition) is 2. The molecule has 3 N–H and O–H groups in total. The lowest BCUT2D eigenvalue weighted by molar-refractivity contribution is 0.0585. The van der Waals surface area contributed by atoms with Crippen LogP contribution in [0.2, 0.25) is 5.02 Å². The first-order valence-electron chi connectivity index (χ1n) is 6.66. The number of anilines is 1. The van der Waals surface area contributed by atoms with Crippen molar-refractivity contribution in [1.29, 1.82) is 0 Å². The number of sulfonamides is 1. The maximum absolute atomic E-state index is 13.9. The second-order valence-corrected chi connectivity index (χ2v) is 7.26. The summed E-state index contributed by atoms with van der Waals surface area (Å²) in [6.45, 7) is 2.98. The summed E-state index contributed by atoms with van der Waals surface area (Å²) in [5, 5.41) is -0.311.